The molecule has 2 heterocycles. The van der Waals surface area contributed by atoms with Crippen LogP contribution < -0.4 is 19.5 Å². The van der Waals surface area contributed by atoms with Crippen molar-refractivity contribution in [3.8, 4) is 17.2 Å². The number of hydrogen-bond donors (Lipinski definition) is 1. The lowest BCUT2D eigenvalue weighted by Crippen LogP contribution is -2.64. The number of piperazine rings is 1. The van der Waals surface area contributed by atoms with E-state index in [0.29, 0.717) is 50.6 Å². The molecule has 2 bridgehead atoms. The molecule has 2 atom stereocenters. The SMILES string of the molecule is COc1ccc(OCCN(C(=O)C2=C(c3ccc(CCOc4c(C)ccc(C)c4C)cc3)CC3CNC[C@H]2N3C(=O)OC(C)(C)C(Cl)(Cl)Cl)C2CC2)cc1.Cl. The van der Waals surface area contributed by atoms with Gasteiger partial charge in [0.2, 0.25) is 3.79 Å². The minimum Gasteiger partial charge on any atom is -0.497 e. The Kier molecular flexibility index (Phi) is 13.9. The predicted octanol–water partition coefficient (Wildman–Crippen LogP) is 8.82. The quantitative estimate of drug-likeness (QED) is 0.172. The van der Waals surface area contributed by atoms with E-state index in [0.717, 1.165) is 58.6 Å². The second-order valence-electron chi connectivity index (χ2n) is 14.9. The van der Waals surface area contributed by atoms with Gasteiger partial charge in [0.05, 0.1) is 32.3 Å². The largest absolute Gasteiger partial charge is 0.497 e. The predicted molar refractivity (Wildman–Crippen MR) is 221 cm³/mol. The maximum Gasteiger partial charge on any atom is 0.411 e. The maximum absolute atomic E-state index is 14.9. The first-order valence-electron chi connectivity index (χ1n) is 18.6. The summed E-state index contributed by atoms with van der Waals surface area (Å²) in [5, 5.41) is 3.46. The van der Waals surface area contributed by atoms with Gasteiger partial charge in [0, 0.05) is 31.1 Å². The fourth-order valence-corrected chi connectivity index (χ4v) is 7.28. The molecule has 1 N–H and O–H groups in total. The van der Waals surface area contributed by atoms with E-state index in [4.69, 9.17) is 53.8 Å². The van der Waals surface area contributed by atoms with Crippen LogP contribution in [-0.4, -0.2) is 89.3 Å². The molecule has 6 rings (SSSR count). The number of methoxy groups -OCH3 is 1. The lowest BCUT2D eigenvalue weighted by molar-refractivity contribution is -0.129. The Hall–Kier alpha value is -3.34. The summed E-state index contributed by atoms with van der Waals surface area (Å²) in [4.78, 5) is 32.5. The van der Waals surface area contributed by atoms with Crippen LogP contribution in [-0.2, 0) is 16.0 Å². The highest BCUT2D eigenvalue weighted by Gasteiger charge is 2.50. The van der Waals surface area contributed by atoms with E-state index in [9.17, 15) is 9.59 Å². The first-order valence-corrected chi connectivity index (χ1v) is 19.7. The third-order valence-corrected chi connectivity index (χ3v) is 12.1. The molecule has 2 fully saturated rings. The molecular weight excluding hydrogens is 784 g/mol. The number of alkyl halides is 3. The van der Waals surface area contributed by atoms with E-state index in [2.05, 4.69) is 62.5 Å². The van der Waals surface area contributed by atoms with Gasteiger partial charge >= 0.3 is 6.09 Å². The molecule has 3 aliphatic rings. The number of carbonyl (C=O) groups is 2. The number of halogens is 4. The summed E-state index contributed by atoms with van der Waals surface area (Å²) in [5.41, 5.74) is 5.64. The Balaban J connectivity index is 0.00000580. The number of rotatable bonds is 13. The topological polar surface area (TPSA) is 89.6 Å². The highest BCUT2D eigenvalue weighted by Crippen LogP contribution is 2.43. The van der Waals surface area contributed by atoms with Crippen LogP contribution in [0.4, 0.5) is 4.79 Å². The Morgan fingerprint density at radius 2 is 1.53 bits per heavy atom. The molecule has 13 heteroatoms. The highest BCUT2D eigenvalue weighted by molar-refractivity contribution is 6.68. The Morgan fingerprint density at radius 1 is 0.873 bits per heavy atom. The van der Waals surface area contributed by atoms with E-state index in [1.165, 1.54) is 5.56 Å². The summed E-state index contributed by atoms with van der Waals surface area (Å²) in [6.45, 7) is 11.5. The van der Waals surface area contributed by atoms with Gasteiger partial charge in [-0.1, -0.05) is 71.2 Å². The number of amides is 2. The van der Waals surface area contributed by atoms with E-state index in [1.54, 1.807) is 25.9 Å². The summed E-state index contributed by atoms with van der Waals surface area (Å²) >= 11 is 18.7. The molecule has 298 valence electrons. The molecule has 0 radical (unpaired) electrons. The molecule has 1 saturated heterocycles. The molecule has 2 aliphatic heterocycles. The molecule has 3 aromatic rings. The van der Waals surface area contributed by atoms with Gasteiger partial charge in [-0.05, 0) is 112 Å². The monoisotopic (exact) mass is 833 g/mol. The van der Waals surface area contributed by atoms with Gasteiger partial charge < -0.3 is 29.2 Å². The first-order chi connectivity index (χ1) is 25.7. The fraction of sp³-hybridized carbons (Fsp3) is 0.476. The minimum absolute atomic E-state index is 0. The summed E-state index contributed by atoms with van der Waals surface area (Å²) in [7, 11) is 1.62. The number of aryl methyl sites for hydroxylation is 2. The van der Waals surface area contributed by atoms with Crippen molar-refractivity contribution < 1.29 is 28.5 Å². The van der Waals surface area contributed by atoms with Crippen LogP contribution in [0.15, 0.2) is 66.2 Å². The Bertz CT molecular complexity index is 1860. The maximum atomic E-state index is 14.9. The van der Waals surface area contributed by atoms with Crippen molar-refractivity contribution >= 4 is 64.8 Å². The smallest absolute Gasteiger partial charge is 0.411 e. The van der Waals surface area contributed by atoms with Crippen molar-refractivity contribution in [2.45, 2.75) is 87.8 Å². The number of nitrogens with zero attached hydrogens (tertiary/aromatic N) is 2. The van der Waals surface area contributed by atoms with E-state index in [1.807, 2.05) is 29.2 Å². The van der Waals surface area contributed by atoms with Crippen LogP contribution in [0, 0.1) is 20.8 Å². The van der Waals surface area contributed by atoms with Gasteiger partial charge in [-0.2, -0.15) is 0 Å². The molecule has 9 nitrogen and oxygen atoms in total. The molecule has 2 amide bonds. The van der Waals surface area contributed by atoms with Crippen LogP contribution in [0.2, 0.25) is 0 Å². The zero-order valence-corrected chi connectivity index (χ0v) is 35.3. The normalized spacial score (nSPS) is 18.3. The Labute approximate surface area is 346 Å². The van der Waals surface area contributed by atoms with Crippen LogP contribution in [0.1, 0.15) is 60.9 Å². The summed E-state index contributed by atoms with van der Waals surface area (Å²) in [5.74, 6) is 2.26. The number of hydrogen-bond acceptors (Lipinski definition) is 7. The molecule has 1 saturated carbocycles. The summed E-state index contributed by atoms with van der Waals surface area (Å²) in [6.07, 6.45) is 2.37. The van der Waals surface area contributed by atoms with Gasteiger partial charge in [0.15, 0.2) is 5.60 Å². The minimum atomic E-state index is -1.86. The van der Waals surface area contributed by atoms with Crippen molar-refractivity contribution in [2.24, 2.45) is 0 Å². The lowest BCUT2D eigenvalue weighted by atomic mass is 9.81. The third kappa shape index (κ3) is 9.80. The first kappa shape index (κ1) is 42.8. The van der Waals surface area contributed by atoms with Crippen LogP contribution in [0.3, 0.4) is 0 Å². The molecule has 0 aromatic heterocycles. The Morgan fingerprint density at radius 3 is 2.16 bits per heavy atom. The lowest BCUT2D eigenvalue weighted by Gasteiger charge is -2.48. The number of nitrogens with one attached hydrogen (secondary N) is 1. The zero-order chi connectivity index (χ0) is 38.8. The zero-order valence-electron chi connectivity index (χ0n) is 32.3. The number of fused-ring (bicyclic) bond motifs is 2. The molecule has 3 aromatic carbocycles. The van der Waals surface area contributed by atoms with E-state index in [-0.39, 0.29) is 30.4 Å². The average molecular weight is 836 g/mol. The average Bonchev–Trinajstić information content (AvgIpc) is 3.98. The van der Waals surface area contributed by atoms with Crippen molar-refractivity contribution in [3.05, 3.63) is 94.1 Å². The molecule has 0 spiro atoms. The van der Waals surface area contributed by atoms with Crippen LogP contribution in [0.5, 0.6) is 17.2 Å². The van der Waals surface area contributed by atoms with Gasteiger partial charge in [0.1, 0.15) is 23.9 Å². The number of ether oxygens (including phenoxy) is 4. The molecular formula is C42H51Cl4N3O6. The second kappa shape index (κ2) is 17.9. The van der Waals surface area contributed by atoms with Crippen LogP contribution >= 0.6 is 47.2 Å². The van der Waals surface area contributed by atoms with E-state index < -0.39 is 21.5 Å². The van der Waals surface area contributed by atoms with Gasteiger partial charge in [-0.15, -0.1) is 12.4 Å². The van der Waals surface area contributed by atoms with Crippen molar-refractivity contribution in [1.82, 2.24) is 15.1 Å². The number of carbonyl (C=O) groups excluding carboxylic acids is 2. The van der Waals surface area contributed by atoms with Crippen molar-refractivity contribution in [1.29, 1.82) is 0 Å². The fourth-order valence-electron chi connectivity index (χ4n) is 7.16. The van der Waals surface area contributed by atoms with Crippen molar-refractivity contribution in [3.63, 3.8) is 0 Å². The molecule has 1 unspecified atom stereocenters. The van der Waals surface area contributed by atoms with Crippen molar-refractivity contribution in [2.75, 3.05) is 40.0 Å². The standard InChI is InChI=1S/C42H50Cl3N3O6.ClH/c1-26-7-8-27(2)38(28(26)3)53-21-19-29-9-11-30(12-10-29)35-23-32-24-46-25-36(48(32)40(50)54-41(4,5)42(43,44)45)37(35)39(49)47(31-13-14-31)20-22-52-34-17-15-33(51-6)16-18-34;/h7-12,15-18,31-32,36,46H,13-14,19-25H2,1-6H3;1H/t32?,36-;/m1./s1. The highest BCUT2D eigenvalue weighted by atomic mass is 35.6. The summed E-state index contributed by atoms with van der Waals surface area (Å²) < 4.78 is 21.6. The third-order valence-electron chi connectivity index (χ3n) is 10.7. The van der Waals surface area contributed by atoms with Gasteiger partial charge in [0.25, 0.3) is 5.91 Å². The van der Waals surface area contributed by atoms with E-state index >= 15 is 0 Å². The molecule has 1 aliphatic carbocycles. The summed E-state index contributed by atoms with van der Waals surface area (Å²) in [6, 6.07) is 19.2. The van der Waals surface area contributed by atoms with Gasteiger partial charge in [-0.3, -0.25) is 9.69 Å². The number of benzene rings is 3. The second-order valence-corrected chi connectivity index (χ2v) is 17.2. The van der Waals surface area contributed by atoms with Crippen LogP contribution in [0.25, 0.3) is 5.57 Å². The molecule has 55 heavy (non-hydrogen) atoms. The van der Waals surface area contributed by atoms with Gasteiger partial charge in [-0.25, -0.2) is 4.79 Å².